The second-order valence-electron chi connectivity index (χ2n) is 6.33. The lowest BCUT2D eigenvalue weighted by Gasteiger charge is -2.31. The van der Waals surface area contributed by atoms with Gasteiger partial charge in [0.1, 0.15) is 17.2 Å². The van der Waals surface area contributed by atoms with E-state index in [4.69, 9.17) is 26.4 Å². The van der Waals surface area contributed by atoms with E-state index in [1.165, 1.54) is 0 Å². The van der Waals surface area contributed by atoms with Gasteiger partial charge in [0.05, 0.1) is 38.6 Å². The van der Waals surface area contributed by atoms with Gasteiger partial charge in [0.25, 0.3) is 5.91 Å². The Hall–Kier alpha value is -3.26. The van der Waals surface area contributed by atoms with Gasteiger partial charge in [0.15, 0.2) is 5.11 Å². The number of amides is 1. The van der Waals surface area contributed by atoms with E-state index in [9.17, 15) is 4.79 Å². The first kappa shape index (κ1) is 20.5. The molecular formula is C21H23N3O4S. The van der Waals surface area contributed by atoms with Crippen LogP contribution in [0.15, 0.2) is 53.7 Å². The quantitative estimate of drug-likeness (QED) is 0.628. The van der Waals surface area contributed by atoms with Gasteiger partial charge in [-0.1, -0.05) is 12.1 Å². The molecule has 0 aromatic heterocycles. The fourth-order valence-corrected chi connectivity index (χ4v) is 3.49. The zero-order valence-corrected chi connectivity index (χ0v) is 17.5. The predicted molar refractivity (Wildman–Crippen MR) is 115 cm³/mol. The summed E-state index contributed by atoms with van der Waals surface area (Å²) in [4.78, 5) is 13.2. The maximum atomic E-state index is 13.2. The molecule has 3 N–H and O–H groups in total. The van der Waals surface area contributed by atoms with Crippen LogP contribution in [-0.2, 0) is 4.79 Å². The number of nitrogens with one attached hydrogen (secondary N) is 3. The number of thiocarbonyl (C=S) groups is 1. The van der Waals surface area contributed by atoms with Gasteiger partial charge in [-0.3, -0.25) is 4.79 Å². The second kappa shape index (κ2) is 8.83. The third-order valence-electron chi connectivity index (χ3n) is 4.62. The molecule has 0 radical (unpaired) electrons. The Kier molecular flexibility index (Phi) is 6.23. The monoisotopic (exact) mass is 413 g/mol. The lowest BCUT2D eigenvalue weighted by molar-refractivity contribution is -0.113. The Balaban J connectivity index is 2.01. The molecule has 2 aromatic rings. The van der Waals surface area contributed by atoms with Crippen LogP contribution < -0.4 is 30.2 Å². The lowest BCUT2D eigenvalue weighted by atomic mass is 9.94. The molecule has 1 heterocycles. The number of para-hydroxylation sites is 2. The summed E-state index contributed by atoms with van der Waals surface area (Å²) in [5.41, 5.74) is 2.49. The van der Waals surface area contributed by atoms with Crippen LogP contribution in [0.1, 0.15) is 18.5 Å². The molecule has 152 valence electrons. The van der Waals surface area contributed by atoms with Gasteiger partial charge in [0.2, 0.25) is 0 Å². The highest BCUT2D eigenvalue weighted by Crippen LogP contribution is 2.36. The first-order valence-corrected chi connectivity index (χ1v) is 9.34. The first-order chi connectivity index (χ1) is 14.0. The van der Waals surface area contributed by atoms with Gasteiger partial charge < -0.3 is 30.2 Å². The predicted octanol–water partition coefficient (Wildman–Crippen LogP) is 3.14. The molecule has 29 heavy (non-hydrogen) atoms. The van der Waals surface area contributed by atoms with Crippen molar-refractivity contribution in [3.63, 3.8) is 0 Å². The molecule has 0 saturated heterocycles. The molecule has 0 spiro atoms. The van der Waals surface area contributed by atoms with Gasteiger partial charge in [-0.2, -0.15) is 0 Å². The number of hydrogen-bond acceptors (Lipinski definition) is 5. The van der Waals surface area contributed by atoms with Crippen molar-refractivity contribution in [2.45, 2.75) is 13.0 Å². The molecule has 0 aliphatic carbocycles. The minimum absolute atomic E-state index is 0.280. The molecule has 0 unspecified atom stereocenters. The SMILES string of the molecule is COc1ccc([C@@H]2NC(=S)NC(C)=C2C(=O)Nc2ccccc2OC)c(OC)c1. The van der Waals surface area contributed by atoms with Crippen molar-refractivity contribution in [2.24, 2.45) is 0 Å². The van der Waals surface area contributed by atoms with Crippen molar-refractivity contribution in [3.05, 3.63) is 59.3 Å². The van der Waals surface area contributed by atoms with Crippen LogP contribution in [-0.4, -0.2) is 32.3 Å². The van der Waals surface area contributed by atoms with Gasteiger partial charge in [-0.15, -0.1) is 0 Å². The summed E-state index contributed by atoms with van der Waals surface area (Å²) in [5, 5.41) is 9.55. The van der Waals surface area contributed by atoms with Gasteiger partial charge >= 0.3 is 0 Å². The first-order valence-electron chi connectivity index (χ1n) is 8.93. The molecule has 0 fully saturated rings. The van der Waals surface area contributed by atoms with Crippen molar-refractivity contribution in [1.82, 2.24) is 10.6 Å². The van der Waals surface area contributed by atoms with Crippen molar-refractivity contribution in [3.8, 4) is 17.2 Å². The Morgan fingerprint density at radius 2 is 1.76 bits per heavy atom. The number of carbonyl (C=O) groups excluding carboxylic acids is 1. The maximum absolute atomic E-state index is 13.2. The third kappa shape index (κ3) is 4.27. The molecule has 1 aliphatic heterocycles. The minimum Gasteiger partial charge on any atom is -0.497 e. The number of benzene rings is 2. The zero-order chi connectivity index (χ0) is 21.0. The summed E-state index contributed by atoms with van der Waals surface area (Å²) >= 11 is 5.32. The second-order valence-corrected chi connectivity index (χ2v) is 6.74. The number of methoxy groups -OCH3 is 3. The average molecular weight is 413 g/mol. The molecule has 0 bridgehead atoms. The van der Waals surface area contributed by atoms with Crippen LogP contribution in [0.2, 0.25) is 0 Å². The van der Waals surface area contributed by atoms with Crippen molar-refractivity contribution in [1.29, 1.82) is 0 Å². The number of hydrogen-bond donors (Lipinski definition) is 3. The molecule has 3 rings (SSSR count). The Bertz CT molecular complexity index is 974. The number of anilines is 1. The molecule has 8 heteroatoms. The van der Waals surface area contributed by atoms with Crippen LogP contribution in [0.25, 0.3) is 0 Å². The van der Waals surface area contributed by atoms with E-state index in [-0.39, 0.29) is 5.91 Å². The Morgan fingerprint density at radius 1 is 1.03 bits per heavy atom. The van der Waals surface area contributed by atoms with E-state index >= 15 is 0 Å². The third-order valence-corrected chi connectivity index (χ3v) is 4.84. The highest BCUT2D eigenvalue weighted by atomic mass is 32.1. The molecule has 1 amide bonds. The summed E-state index contributed by atoms with van der Waals surface area (Å²) in [6.07, 6.45) is 0. The van der Waals surface area contributed by atoms with Crippen molar-refractivity contribution >= 4 is 28.9 Å². The Morgan fingerprint density at radius 3 is 2.45 bits per heavy atom. The minimum atomic E-state index is -0.501. The smallest absolute Gasteiger partial charge is 0.255 e. The van der Waals surface area contributed by atoms with Crippen LogP contribution >= 0.6 is 12.2 Å². The van der Waals surface area contributed by atoms with Gasteiger partial charge in [0, 0.05) is 17.3 Å². The van der Waals surface area contributed by atoms with Crippen LogP contribution in [0.4, 0.5) is 5.69 Å². The van der Waals surface area contributed by atoms with Gasteiger partial charge in [-0.05, 0) is 43.4 Å². The topological polar surface area (TPSA) is 80.9 Å². The lowest BCUT2D eigenvalue weighted by Crippen LogP contribution is -2.45. The van der Waals surface area contributed by atoms with Crippen LogP contribution in [0.5, 0.6) is 17.2 Å². The number of ether oxygens (including phenoxy) is 3. The van der Waals surface area contributed by atoms with E-state index in [2.05, 4.69) is 16.0 Å². The van der Waals surface area contributed by atoms with E-state index < -0.39 is 6.04 Å². The standard InChI is InChI=1S/C21H23N3O4S/c1-12-18(20(25)23-15-7-5-6-8-16(15)27-3)19(24-21(29)22-12)14-10-9-13(26-2)11-17(14)28-4/h5-11,19H,1-4H3,(H,23,25)(H2,22,24,29)/t19-/m0/s1. The van der Waals surface area contributed by atoms with E-state index in [1.54, 1.807) is 39.5 Å². The highest BCUT2D eigenvalue weighted by Gasteiger charge is 2.32. The largest absolute Gasteiger partial charge is 0.497 e. The van der Waals surface area contributed by atoms with Crippen molar-refractivity contribution in [2.75, 3.05) is 26.6 Å². The number of rotatable bonds is 6. The molecule has 1 aliphatic rings. The van der Waals surface area contributed by atoms with Crippen molar-refractivity contribution < 1.29 is 19.0 Å². The zero-order valence-electron chi connectivity index (χ0n) is 16.7. The summed E-state index contributed by atoms with van der Waals surface area (Å²) in [7, 11) is 4.72. The highest BCUT2D eigenvalue weighted by molar-refractivity contribution is 7.80. The van der Waals surface area contributed by atoms with E-state index in [0.717, 1.165) is 5.56 Å². The number of carbonyl (C=O) groups is 1. The molecular weight excluding hydrogens is 390 g/mol. The molecule has 0 saturated carbocycles. The number of allylic oxidation sites excluding steroid dienone is 1. The average Bonchev–Trinajstić information content (AvgIpc) is 2.72. The fraction of sp³-hybridized carbons (Fsp3) is 0.238. The van der Waals surface area contributed by atoms with Crippen LogP contribution in [0.3, 0.4) is 0 Å². The summed E-state index contributed by atoms with van der Waals surface area (Å²) < 4.78 is 16.1. The van der Waals surface area contributed by atoms with E-state index in [0.29, 0.717) is 39.3 Å². The normalized spacial score (nSPS) is 15.9. The summed E-state index contributed by atoms with van der Waals surface area (Å²) in [6, 6.07) is 12.2. The molecule has 2 aromatic carbocycles. The maximum Gasteiger partial charge on any atom is 0.255 e. The summed E-state index contributed by atoms with van der Waals surface area (Å²) in [6.45, 7) is 1.81. The van der Waals surface area contributed by atoms with Crippen LogP contribution in [0, 0.1) is 0 Å². The van der Waals surface area contributed by atoms with E-state index in [1.807, 2.05) is 31.2 Å². The fourth-order valence-electron chi connectivity index (χ4n) is 3.22. The molecule has 1 atom stereocenters. The van der Waals surface area contributed by atoms with Gasteiger partial charge in [-0.25, -0.2) is 0 Å². The summed E-state index contributed by atoms with van der Waals surface area (Å²) in [5.74, 6) is 1.53. The molecule has 7 nitrogen and oxygen atoms in total. The Labute approximate surface area is 175 Å².